The molecule has 6 nitrogen and oxygen atoms in total. The van der Waals surface area contributed by atoms with Crippen LogP contribution in [0.25, 0.3) is 11.7 Å². The molecule has 35 heavy (non-hydrogen) atoms. The number of anilines is 1. The van der Waals surface area contributed by atoms with Crippen molar-refractivity contribution in [3.05, 3.63) is 80.6 Å². The molecule has 3 aromatic rings. The summed E-state index contributed by atoms with van der Waals surface area (Å²) in [5, 5.41) is 0. The van der Waals surface area contributed by atoms with Crippen LogP contribution in [0.2, 0.25) is 0 Å². The standard InChI is InChI=1S/C27H28N4O2S2/c1-17-12-18(2)15-29(14-17)24-21(25(32)30-11-7-8-19(3)23(30)28-24)13-22-26(33)31(27(34)35-22)16-20-9-5-4-6-10-20/h4-11,13,17-18H,12,14-16H2,1-3H3/b22-13-. The van der Waals surface area contributed by atoms with Gasteiger partial charge in [0, 0.05) is 19.3 Å². The van der Waals surface area contributed by atoms with Crippen LogP contribution in [0.3, 0.4) is 0 Å². The van der Waals surface area contributed by atoms with Crippen LogP contribution in [0.1, 0.15) is 37.0 Å². The highest BCUT2D eigenvalue weighted by molar-refractivity contribution is 8.26. The summed E-state index contributed by atoms with van der Waals surface area (Å²) in [4.78, 5) is 36.3. The fourth-order valence-electron chi connectivity index (χ4n) is 5.04. The van der Waals surface area contributed by atoms with Crippen molar-refractivity contribution in [3.63, 3.8) is 0 Å². The lowest BCUT2D eigenvalue weighted by Gasteiger charge is -2.36. The number of aromatic nitrogens is 2. The van der Waals surface area contributed by atoms with E-state index in [4.69, 9.17) is 17.2 Å². The highest BCUT2D eigenvalue weighted by atomic mass is 32.2. The van der Waals surface area contributed by atoms with E-state index in [0.717, 1.165) is 30.6 Å². The summed E-state index contributed by atoms with van der Waals surface area (Å²) in [6.07, 6.45) is 4.59. The molecule has 2 unspecified atom stereocenters. The summed E-state index contributed by atoms with van der Waals surface area (Å²) >= 11 is 6.79. The Morgan fingerprint density at radius 3 is 2.51 bits per heavy atom. The first-order chi connectivity index (χ1) is 16.8. The van der Waals surface area contributed by atoms with Gasteiger partial charge in [-0.2, -0.15) is 0 Å². The van der Waals surface area contributed by atoms with Crippen LogP contribution in [-0.4, -0.2) is 37.6 Å². The maximum absolute atomic E-state index is 13.7. The van der Waals surface area contributed by atoms with Crippen LogP contribution in [-0.2, 0) is 11.3 Å². The number of piperidine rings is 1. The first-order valence-electron chi connectivity index (χ1n) is 11.9. The largest absolute Gasteiger partial charge is 0.355 e. The molecular formula is C27H28N4O2S2. The van der Waals surface area contributed by atoms with Gasteiger partial charge in [0.1, 0.15) is 15.8 Å². The third-order valence-electron chi connectivity index (χ3n) is 6.57. The molecule has 0 saturated carbocycles. The number of aryl methyl sites for hydroxylation is 1. The highest BCUT2D eigenvalue weighted by Gasteiger charge is 2.33. The fraction of sp³-hybridized carbons (Fsp3) is 0.333. The molecule has 0 spiro atoms. The van der Waals surface area contributed by atoms with Crippen molar-refractivity contribution < 1.29 is 4.79 Å². The first-order valence-corrected chi connectivity index (χ1v) is 13.1. The molecule has 2 fully saturated rings. The molecule has 2 saturated heterocycles. The second kappa shape index (κ2) is 9.59. The Morgan fingerprint density at radius 1 is 1.09 bits per heavy atom. The molecule has 5 rings (SSSR count). The number of rotatable bonds is 4. The van der Waals surface area contributed by atoms with Crippen molar-refractivity contribution in [2.45, 2.75) is 33.7 Å². The van der Waals surface area contributed by atoms with E-state index in [1.54, 1.807) is 21.6 Å². The Kier molecular flexibility index (Phi) is 6.51. The molecule has 0 bridgehead atoms. The van der Waals surface area contributed by atoms with Gasteiger partial charge in [-0.05, 0) is 48.4 Å². The van der Waals surface area contributed by atoms with E-state index >= 15 is 0 Å². The Bertz CT molecular complexity index is 1390. The lowest BCUT2D eigenvalue weighted by molar-refractivity contribution is -0.122. The van der Waals surface area contributed by atoms with Crippen molar-refractivity contribution in [3.8, 4) is 0 Å². The molecule has 0 N–H and O–H groups in total. The predicted molar refractivity (Wildman–Crippen MR) is 147 cm³/mol. The highest BCUT2D eigenvalue weighted by Crippen LogP contribution is 2.35. The summed E-state index contributed by atoms with van der Waals surface area (Å²) in [7, 11) is 0. The van der Waals surface area contributed by atoms with Crippen LogP contribution in [0, 0.1) is 18.8 Å². The molecule has 8 heteroatoms. The Hall–Kier alpha value is -2.97. The Morgan fingerprint density at radius 2 is 1.80 bits per heavy atom. The number of hydrogen-bond donors (Lipinski definition) is 0. The average molecular weight is 505 g/mol. The predicted octanol–water partition coefficient (Wildman–Crippen LogP) is 4.89. The third-order valence-corrected chi connectivity index (χ3v) is 7.94. The van der Waals surface area contributed by atoms with E-state index in [9.17, 15) is 9.59 Å². The molecule has 1 amide bonds. The minimum atomic E-state index is -0.177. The number of carbonyl (C=O) groups is 1. The fourth-order valence-corrected chi connectivity index (χ4v) is 6.27. The van der Waals surface area contributed by atoms with E-state index in [0.29, 0.717) is 44.6 Å². The van der Waals surface area contributed by atoms with Gasteiger partial charge in [0.2, 0.25) is 0 Å². The zero-order valence-corrected chi connectivity index (χ0v) is 21.7. The number of pyridine rings is 1. The van der Waals surface area contributed by atoms with Gasteiger partial charge >= 0.3 is 0 Å². The molecule has 2 atom stereocenters. The van der Waals surface area contributed by atoms with Gasteiger partial charge in [0.25, 0.3) is 11.5 Å². The normalized spacial score (nSPS) is 22.0. The number of thioether (sulfide) groups is 1. The third kappa shape index (κ3) is 4.65. The van der Waals surface area contributed by atoms with Crippen molar-refractivity contribution in [1.82, 2.24) is 14.3 Å². The molecule has 1 aromatic carbocycles. The minimum absolute atomic E-state index is 0.173. The quantitative estimate of drug-likeness (QED) is 0.373. The van der Waals surface area contributed by atoms with Gasteiger partial charge in [0.15, 0.2) is 0 Å². The molecule has 2 aromatic heterocycles. The molecule has 0 aliphatic carbocycles. The number of fused-ring (bicyclic) bond motifs is 1. The molecule has 4 heterocycles. The van der Waals surface area contributed by atoms with Crippen LogP contribution >= 0.6 is 24.0 Å². The smallest absolute Gasteiger partial charge is 0.267 e. The maximum Gasteiger partial charge on any atom is 0.267 e. The summed E-state index contributed by atoms with van der Waals surface area (Å²) in [6, 6.07) is 13.6. The van der Waals surface area contributed by atoms with Crippen molar-refractivity contribution >= 4 is 51.7 Å². The van der Waals surface area contributed by atoms with Gasteiger partial charge in [-0.1, -0.05) is 74.2 Å². The van der Waals surface area contributed by atoms with Crippen molar-refractivity contribution in [2.24, 2.45) is 11.8 Å². The zero-order chi connectivity index (χ0) is 24.7. The summed E-state index contributed by atoms with van der Waals surface area (Å²) < 4.78 is 2.07. The second-order valence-electron chi connectivity index (χ2n) is 9.64. The monoisotopic (exact) mass is 504 g/mol. The molecule has 180 valence electrons. The lowest BCUT2D eigenvalue weighted by Crippen LogP contribution is -2.40. The number of thiocarbonyl (C=S) groups is 1. The minimum Gasteiger partial charge on any atom is -0.355 e. The summed E-state index contributed by atoms with van der Waals surface area (Å²) in [5.74, 6) is 1.46. The van der Waals surface area contributed by atoms with Crippen LogP contribution < -0.4 is 10.5 Å². The number of nitrogens with zero attached hydrogens (tertiary/aromatic N) is 4. The summed E-state index contributed by atoms with van der Waals surface area (Å²) in [5.41, 5.74) is 2.85. The lowest BCUT2D eigenvalue weighted by atomic mass is 9.91. The second-order valence-corrected chi connectivity index (χ2v) is 11.3. The van der Waals surface area contributed by atoms with E-state index in [2.05, 4.69) is 18.7 Å². The Labute approximate surface area is 214 Å². The SMILES string of the molecule is Cc1cccn2c(=O)c(/C=C3\SC(=S)N(Cc4ccccc4)C3=O)c(N3CC(C)CC(C)C3)nc12. The van der Waals surface area contributed by atoms with Crippen molar-refractivity contribution in [2.75, 3.05) is 18.0 Å². The van der Waals surface area contributed by atoms with Gasteiger partial charge in [-0.25, -0.2) is 4.98 Å². The van der Waals surface area contributed by atoms with Crippen LogP contribution in [0.5, 0.6) is 0 Å². The molecule has 2 aliphatic heterocycles. The van der Waals surface area contributed by atoms with E-state index in [1.807, 2.05) is 49.4 Å². The number of amides is 1. The van der Waals surface area contributed by atoms with E-state index in [-0.39, 0.29) is 11.5 Å². The van der Waals surface area contributed by atoms with Crippen molar-refractivity contribution in [1.29, 1.82) is 0 Å². The molecule has 0 radical (unpaired) electrons. The summed E-state index contributed by atoms with van der Waals surface area (Å²) in [6.45, 7) is 8.49. The van der Waals surface area contributed by atoms with Gasteiger partial charge in [0.05, 0.1) is 17.0 Å². The number of benzene rings is 1. The average Bonchev–Trinajstić information content (AvgIpc) is 3.08. The molecule has 2 aliphatic rings. The number of hydrogen-bond acceptors (Lipinski definition) is 6. The molecular weight excluding hydrogens is 476 g/mol. The van der Waals surface area contributed by atoms with Crippen LogP contribution in [0.4, 0.5) is 5.82 Å². The number of carbonyl (C=O) groups excluding carboxylic acids is 1. The topological polar surface area (TPSA) is 57.9 Å². The first kappa shape index (κ1) is 23.8. The van der Waals surface area contributed by atoms with Gasteiger partial charge in [-0.3, -0.25) is 18.9 Å². The van der Waals surface area contributed by atoms with Gasteiger partial charge in [-0.15, -0.1) is 0 Å². The van der Waals surface area contributed by atoms with Crippen LogP contribution in [0.15, 0.2) is 58.4 Å². The van der Waals surface area contributed by atoms with E-state index < -0.39 is 0 Å². The Balaban J connectivity index is 1.60. The van der Waals surface area contributed by atoms with E-state index in [1.165, 1.54) is 11.8 Å². The zero-order valence-electron chi connectivity index (χ0n) is 20.1. The maximum atomic E-state index is 13.7. The van der Waals surface area contributed by atoms with Gasteiger partial charge < -0.3 is 4.90 Å².